The molecule has 7 amide bonds. The molecule has 5 aliphatic rings. The molecule has 5 N–H and O–H groups in total. The van der Waals surface area contributed by atoms with E-state index in [1.165, 1.54) is 30.0 Å². The predicted molar refractivity (Wildman–Crippen MR) is 330 cm³/mol. The van der Waals surface area contributed by atoms with Crippen LogP contribution >= 0.6 is 0 Å². The smallest absolute Gasteiger partial charge is 0.414 e. The number of pyridine rings is 2. The number of amides is 7. The fourth-order valence-corrected chi connectivity index (χ4v) is 12.4. The molecule has 1 unspecified atom stereocenters. The number of carbonyl (C=O) groups is 9. The molecular formula is C64H82N12O13. The zero-order chi connectivity index (χ0) is 64.0. The van der Waals surface area contributed by atoms with Crippen LogP contribution in [-0.4, -0.2) is 164 Å². The van der Waals surface area contributed by atoms with Gasteiger partial charge in [0.1, 0.15) is 30.2 Å². The van der Waals surface area contributed by atoms with Gasteiger partial charge in [-0.15, -0.1) is 0 Å². The van der Waals surface area contributed by atoms with E-state index in [0.717, 1.165) is 36.3 Å². The summed E-state index contributed by atoms with van der Waals surface area (Å²) in [5.74, 6) is -3.76. The van der Waals surface area contributed by atoms with Gasteiger partial charge in [-0.25, -0.2) is 14.8 Å². The first-order valence-electron chi connectivity index (χ1n) is 30.8. The number of carboxylic acid groups (broad SMARTS) is 1. The van der Waals surface area contributed by atoms with Crippen molar-refractivity contribution >= 4 is 87.5 Å². The predicted octanol–water partition coefficient (Wildman–Crippen LogP) is 6.54. The van der Waals surface area contributed by atoms with Gasteiger partial charge < -0.3 is 35.4 Å². The summed E-state index contributed by atoms with van der Waals surface area (Å²) in [5, 5.41) is 20.8. The molecule has 0 spiro atoms. The molecule has 0 bridgehead atoms. The number of fused-ring (bicyclic) bond motifs is 2. The summed E-state index contributed by atoms with van der Waals surface area (Å²) in [6.07, 6.45) is 12.2. The minimum Gasteiger partial charge on any atom is -0.480 e. The molecule has 9 rings (SSSR count). The van der Waals surface area contributed by atoms with Crippen molar-refractivity contribution in [3.05, 3.63) is 87.5 Å². The number of aryl methyl sites for hydroxylation is 1. The second-order valence-corrected chi connectivity index (χ2v) is 25.7. The monoisotopic (exact) mass is 1230 g/mol. The Labute approximate surface area is 516 Å². The summed E-state index contributed by atoms with van der Waals surface area (Å²) in [6.45, 7) is 16.4. The fourth-order valence-electron chi connectivity index (χ4n) is 12.4. The SMILES string of the molecule is CC(=O)c1c(C)c2cnc(Nc3ccc(N4CCN(CC(=O)NCC(C)(C)CCOC(C)(C)CCCN(C(=O)O[C@H]5/C=C/CC[C@@](C)(C(=O)NCC(=O)O)CC5)c5ccc6c(c5)C(=O)N(C5CCC(=O)NC5=O)C6=O)CC4)cn3)nc2n(C2CCCC2)c1=O. The Morgan fingerprint density at radius 3 is 2.31 bits per heavy atom. The van der Waals surface area contributed by atoms with Crippen LogP contribution in [0.5, 0.6) is 0 Å². The van der Waals surface area contributed by atoms with Gasteiger partial charge >= 0.3 is 12.1 Å². The second kappa shape index (κ2) is 27.5. The molecule has 89 heavy (non-hydrogen) atoms. The van der Waals surface area contributed by atoms with Crippen molar-refractivity contribution in [1.82, 2.24) is 45.3 Å². The Morgan fingerprint density at radius 1 is 0.876 bits per heavy atom. The molecule has 2 aliphatic carbocycles. The Hall–Kier alpha value is -8.45. The Balaban J connectivity index is 0.743. The molecule has 1 aromatic carbocycles. The van der Waals surface area contributed by atoms with Gasteiger partial charge in [-0.05, 0) is 139 Å². The number of imide groups is 2. The lowest BCUT2D eigenvalue weighted by molar-refractivity contribution is -0.140. The van der Waals surface area contributed by atoms with E-state index in [9.17, 15) is 47.9 Å². The molecule has 1 saturated carbocycles. The maximum absolute atomic E-state index is 14.4. The maximum Gasteiger partial charge on any atom is 0.414 e. The third-order valence-corrected chi connectivity index (χ3v) is 17.9. The van der Waals surface area contributed by atoms with E-state index < -0.39 is 71.3 Å². The Bertz CT molecular complexity index is 3500. The number of rotatable bonds is 23. The standard InChI is InChI=1S/C64H82N12O13/c1-39-47-35-67-60(71-54(47)75(41-13-8-9-14-41)58(85)53(39)40(2)77)69-49-20-17-43(34-65-49)73-30-28-72(29-31-73)37-51(79)68-38-62(3,4)26-32-88-63(5,6)23-12-27-74(61(87)89-44-15-10-11-24-64(7,25-22-44)59(86)66-36-52(80)81)42-16-18-45-46(33-42)57(84)76(56(45)83)48-19-21-50(78)70-55(48)82/h10,15-18,20,33-35,41,44,48H,8-9,11-14,19,21-32,36-38H2,1-7H3,(H,66,86)(H,68,79)(H,80,81)(H,70,78,82)(H,65,67,69,71)/b15-10+/t44-,48?,64+/m0/s1. The van der Waals surface area contributed by atoms with E-state index >= 15 is 0 Å². The lowest BCUT2D eigenvalue weighted by Gasteiger charge is -2.35. The van der Waals surface area contributed by atoms with Crippen LogP contribution in [0.15, 0.2) is 59.7 Å². The number of piperidine rings is 1. The van der Waals surface area contributed by atoms with Crippen molar-refractivity contribution in [1.29, 1.82) is 0 Å². The third kappa shape index (κ3) is 15.5. The third-order valence-electron chi connectivity index (χ3n) is 17.9. The Kier molecular flexibility index (Phi) is 20.1. The van der Waals surface area contributed by atoms with Crippen molar-refractivity contribution in [2.24, 2.45) is 10.8 Å². The highest BCUT2D eigenvalue weighted by atomic mass is 16.6. The number of hydrogen-bond donors (Lipinski definition) is 5. The van der Waals surface area contributed by atoms with Gasteiger partial charge in [-0.1, -0.05) is 39.7 Å². The quantitative estimate of drug-likeness (QED) is 0.0299. The van der Waals surface area contributed by atoms with Gasteiger partial charge in [0.25, 0.3) is 17.4 Å². The van der Waals surface area contributed by atoms with E-state index in [-0.39, 0.29) is 83.4 Å². The Morgan fingerprint density at radius 2 is 1.62 bits per heavy atom. The van der Waals surface area contributed by atoms with Crippen LogP contribution in [-0.2, 0) is 33.4 Å². The van der Waals surface area contributed by atoms with Crippen LogP contribution in [0.2, 0.25) is 0 Å². The number of benzene rings is 1. The summed E-state index contributed by atoms with van der Waals surface area (Å²) in [5.41, 5.74) is 0.284. The first-order chi connectivity index (χ1) is 42.3. The lowest BCUT2D eigenvalue weighted by atomic mass is 9.78. The molecule has 3 fully saturated rings. The number of hydrogen-bond acceptors (Lipinski definition) is 18. The van der Waals surface area contributed by atoms with E-state index in [1.54, 1.807) is 36.9 Å². The van der Waals surface area contributed by atoms with Crippen molar-refractivity contribution < 1.29 is 57.7 Å². The number of Topliss-reactive ketones (excluding diaryl/α,β-unsaturated/α-hetero) is 1. The topological polar surface area (TPSA) is 314 Å². The van der Waals surface area contributed by atoms with Gasteiger partial charge in [-0.3, -0.25) is 67.7 Å². The molecule has 3 aromatic heterocycles. The van der Waals surface area contributed by atoms with Gasteiger partial charge in [0.15, 0.2) is 5.78 Å². The number of piperazine rings is 1. The number of ketones is 1. The number of nitrogens with zero attached hydrogens (tertiary/aromatic N) is 8. The molecule has 25 nitrogen and oxygen atoms in total. The van der Waals surface area contributed by atoms with Crippen LogP contribution in [0.3, 0.4) is 0 Å². The number of carbonyl (C=O) groups excluding carboxylic acids is 8. The maximum atomic E-state index is 14.4. The largest absolute Gasteiger partial charge is 0.480 e. The summed E-state index contributed by atoms with van der Waals surface area (Å²) in [4.78, 5) is 151. The minimum absolute atomic E-state index is 0.00966. The molecule has 2 saturated heterocycles. The highest BCUT2D eigenvalue weighted by molar-refractivity contribution is 6.24. The number of aliphatic carboxylic acids is 1. The highest BCUT2D eigenvalue weighted by Gasteiger charge is 2.45. The zero-order valence-corrected chi connectivity index (χ0v) is 51.9. The molecule has 3 atom stereocenters. The number of aromatic nitrogens is 4. The second-order valence-electron chi connectivity index (χ2n) is 25.7. The van der Waals surface area contributed by atoms with Crippen molar-refractivity contribution in [3.63, 3.8) is 0 Å². The highest BCUT2D eigenvalue weighted by Crippen LogP contribution is 2.36. The number of allylic oxidation sites excluding steroid dienone is 1. The van der Waals surface area contributed by atoms with Crippen molar-refractivity contribution in [2.45, 2.75) is 156 Å². The molecule has 6 heterocycles. The van der Waals surface area contributed by atoms with Crippen molar-refractivity contribution in [2.75, 3.05) is 74.1 Å². The van der Waals surface area contributed by atoms with E-state index in [4.69, 9.17) is 19.6 Å². The van der Waals surface area contributed by atoms with Crippen LogP contribution < -0.4 is 36.6 Å². The normalized spacial score (nSPS) is 20.6. The van der Waals surface area contributed by atoms with Crippen LogP contribution in [0.25, 0.3) is 11.0 Å². The zero-order valence-electron chi connectivity index (χ0n) is 51.9. The molecule has 25 heteroatoms. The minimum atomic E-state index is -1.18. The first-order valence-corrected chi connectivity index (χ1v) is 30.8. The summed E-state index contributed by atoms with van der Waals surface area (Å²) >= 11 is 0. The first kappa shape index (κ1) is 65.0. The van der Waals surface area contributed by atoms with Crippen LogP contribution in [0.1, 0.15) is 168 Å². The van der Waals surface area contributed by atoms with Gasteiger partial charge in [0.05, 0.1) is 40.7 Å². The van der Waals surface area contributed by atoms with E-state index in [2.05, 4.69) is 54.9 Å². The number of ether oxygens (including phenoxy) is 2. The number of nitrogens with one attached hydrogen (secondary N) is 4. The molecular weight excluding hydrogens is 1140 g/mol. The fraction of sp³-hybridized carbons (Fsp3) is 0.547. The average Bonchev–Trinajstić information content (AvgIpc) is 1.84. The van der Waals surface area contributed by atoms with Gasteiger partial charge in [0.2, 0.25) is 29.6 Å². The van der Waals surface area contributed by atoms with E-state index in [0.29, 0.717) is 106 Å². The lowest BCUT2D eigenvalue weighted by Crippen LogP contribution is -2.54. The van der Waals surface area contributed by atoms with Crippen LogP contribution in [0.4, 0.5) is 27.9 Å². The molecule has 0 radical (unpaired) electrons. The van der Waals surface area contributed by atoms with Gasteiger partial charge in [0, 0.05) is 81.0 Å². The molecule has 476 valence electrons. The molecule has 3 aliphatic heterocycles. The summed E-state index contributed by atoms with van der Waals surface area (Å²) in [6, 6.07) is 7.02. The summed E-state index contributed by atoms with van der Waals surface area (Å²) < 4.78 is 14.2. The van der Waals surface area contributed by atoms with Crippen LogP contribution in [0, 0.1) is 17.8 Å². The number of anilines is 4. The van der Waals surface area contributed by atoms with E-state index in [1.807, 2.05) is 32.1 Å². The van der Waals surface area contributed by atoms with Crippen molar-refractivity contribution in [3.8, 4) is 0 Å². The van der Waals surface area contributed by atoms with Gasteiger partial charge in [-0.2, -0.15) is 4.98 Å². The average molecular weight is 1230 g/mol. The number of carboxylic acids is 1. The molecule has 4 aromatic rings. The summed E-state index contributed by atoms with van der Waals surface area (Å²) in [7, 11) is 0.